The smallest absolute Gasteiger partial charge is 0.336 e. The maximum atomic E-state index is 11.1. The van der Waals surface area contributed by atoms with Gasteiger partial charge in [-0.2, -0.15) is 0 Å². The van der Waals surface area contributed by atoms with Crippen LogP contribution in [0.15, 0.2) is 23.8 Å². The second-order valence-corrected chi connectivity index (χ2v) is 6.01. The quantitative estimate of drug-likeness (QED) is 0.940. The molecule has 0 saturated heterocycles. The van der Waals surface area contributed by atoms with Gasteiger partial charge in [-0.1, -0.05) is 0 Å². The molecule has 0 saturated carbocycles. The molecule has 1 aliphatic rings. The number of thiophene rings is 1. The average molecular weight is 304 g/mol. The van der Waals surface area contributed by atoms with Gasteiger partial charge in [-0.15, -0.1) is 11.3 Å². The Bertz CT molecular complexity index is 669. The van der Waals surface area contributed by atoms with Gasteiger partial charge in [0, 0.05) is 36.1 Å². The summed E-state index contributed by atoms with van der Waals surface area (Å²) in [5, 5.41) is 10.9. The van der Waals surface area contributed by atoms with Gasteiger partial charge in [-0.25, -0.2) is 4.79 Å². The number of nitrogens with zero attached hydrogens (tertiary/aromatic N) is 2. The van der Waals surface area contributed by atoms with E-state index in [2.05, 4.69) is 9.88 Å². The first-order chi connectivity index (χ1) is 10.2. The molecule has 1 N–H and O–H groups in total. The molecule has 0 atom stereocenters. The summed E-state index contributed by atoms with van der Waals surface area (Å²) in [5.74, 6) is -0.0626. The van der Waals surface area contributed by atoms with Crippen LogP contribution in [0.3, 0.4) is 0 Å². The maximum absolute atomic E-state index is 11.1. The van der Waals surface area contributed by atoms with Crippen molar-refractivity contribution in [3.63, 3.8) is 0 Å². The molecule has 5 nitrogen and oxygen atoms in total. The van der Waals surface area contributed by atoms with Gasteiger partial charge in [-0.05, 0) is 23.6 Å². The number of carboxylic acids is 1. The Morgan fingerprint density at radius 3 is 3.14 bits per heavy atom. The molecule has 3 rings (SSSR count). The van der Waals surface area contributed by atoms with E-state index in [1.807, 2.05) is 12.3 Å². The molecule has 1 aliphatic heterocycles. The average Bonchev–Trinajstić information content (AvgIpc) is 2.90. The van der Waals surface area contributed by atoms with Crippen LogP contribution < -0.4 is 4.74 Å². The molecule has 3 heterocycles. The normalized spacial score (nSPS) is 14.7. The number of ether oxygens (including phenoxy) is 1. The number of pyridine rings is 1. The van der Waals surface area contributed by atoms with Gasteiger partial charge in [0.05, 0.1) is 18.9 Å². The van der Waals surface area contributed by atoms with E-state index in [0.29, 0.717) is 5.56 Å². The molecular weight excluding hydrogens is 288 g/mol. The van der Waals surface area contributed by atoms with E-state index in [1.54, 1.807) is 18.7 Å². The van der Waals surface area contributed by atoms with Crippen LogP contribution >= 0.6 is 11.3 Å². The van der Waals surface area contributed by atoms with Gasteiger partial charge < -0.3 is 9.84 Å². The zero-order valence-electron chi connectivity index (χ0n) is 11.7. The number of methoxy groups -OCH3 is 1. The molecule has 0 unspecified atom stereocenters. The Kier molecular flexibility index (Phi) is 3.90. The van der Waals surface area contributed by atoms with Crippen LogP contribution in [0.25, 0.3) is 0 Å². The van der Waals surface area contributed by atoms with E-state index in [0.717, 1.165) is 47.8 Å². The SMILES string of the molecule is COc1cncc(CN2CCc3c(C(=O)O)csc3C2)c1. The summed E-state index contributed by atoms with van der Waals surface area (Å²) < 4.78 is 5.19. The zero-order chi connectivity index (χ0) is 14.8. The number of rotatable bonds is 4. The minimum Gasteiger partial charge on any atom is -0.495 e. The monoisotopic (exact) mass is 304 g/mol. The van der Waals surface area contributed by atoms with Gasteiger partial charge in [0.15, 0.2) is 0 Å². The van der Waals surface area contributed by atoms with Crippen LogP contribution in [0.4, 0.5) is 0 Å². The first kappa shape index (κ1) is 14.0. The van der Waals surface area contributed by atoms with E-state index >= 15 is 0 Å². The van der Waals surface area contributed by atoms with Crippen molar-refractivity contribution in [3.8, 4) is 5.75 Å². The van der Waals surface area contributed by atoms with E-state index in [1.165, 1.54) is 11.3 Å². The van der Waals surface area contributed by atoms with Crippen LogP contribution in [0.5, 0.6) is 5.75 Å². The summed E-state index contributed by atoms with van der Waals surface area (Å²) >= 11 is 1.54. The molecule has 0 aromatic carbocycles. The van der Waals surface area contributed by atoms with E-state index in [-0.39, 0.29) is 0 Å². The summed E-state index contributed by atoms with van der Waals surface area (Å²) in [7, 11) is 1.63. The highest BCUT2D eigenvalue weighted by molar-refractivity contribution is 7.10. The first-order valence-electron chi connectivity index (χ1n) is 6.70. The second-order valence-electron chi connectivity index (χ2n) is 5.05. The molecule has 0 fully saturated rings. The van der Waals surface area contributed by atoms with Gasteiger partial charge in [0.1, 0.15) is 5.75 Å². The van der Waals surface area contributed by atoms with Crippen LogP contribution in [-0.2, 0) is 19.5 Å². The highest BCUT2D eigenvalue weighted by atomic mass is 32.1. The number of aromatic nitrogens is 1. The van der Waals surface area contributed by atoms with Gasteiger partial charge >= 0.3 is 5.97 Å². The topological polar surface area (TPSA) is 62.7 Å². The number of aromatic carboxylic acids is 1. The molecular formula is C15H16N2O3S. The van der Waals surface area contributed by atoms with Crippen LogP contribution in [-0.4, -0.2) is 34.6 Å². The van der Waals surface area contributed by atoms with Crippen molar-refractivity contribution in [1.82, 2.24) is 9.88 Å². The van der Waals surface area contributed by atoms with Crippen molar-refractivity contribution in [3.05, 3.63) is 45.4 Å². The van der Waals surface area contributed by atoms with E-state index < -0.39 is 5.97 Å². The minimum absolute atomic E-state index is 0.470. The molecule has 21 heavy (non-hydrogen) atoms. The Balaban J connectivity index is 1.73. The van der Waals surface area contributed by atoms with Crippen molar-refractivity contribution in [2.75, 3.05) is 13.7 Å². The molecule has 0 aliphatic carbocycles. The Morgan fingerprint density at radius 2 is 2.38 bits per heavy atom. The summed E-state index contributed by atoms with van der Waals surface area (Å²) in [5.41, 5.74) is 2.58. The minimum atomic E-state index is -0.821. The zero-order valence-corrected chi connectivity index (χ0v) is 12.5. The molecule has 6 heteroatoms. The number of hydrogen-bond donors (Lipinski definition) is 1. The van der Waals surface area contributed by atoms with Crippen LogP contribution in [0.2, 0.25) is 0 Å². The van der Waals surface area contributed by atoms with Crippen molar-refractivity contribution in [2.24, 2.45) is 0 Å². The van der Waals surface area contributed by atoms with Crippen LogP contribution in [0, 0.1) is 0 Å². The molecule has 0 amide bonds. The summed E-state index contributed by atoms with van der Waals surface area (Å²) in [6.07, 6.45) is 4.32. The predicted octanol–water partition coefficient (Wildman–Crippen LogP) is 2.41. The lowest BCUT2D eigenvalue weighted by Gasteiger charge is -2.27. The molecule has 0 spiro atoms. The van der Waals surface area contributed by atoms with Gasteiger partial charge in [-0.3, -0.25) is 9.88 Å². The summed E-state index contributed by atoms with van der Waals surface area (Å²) in [4.78, 5) is 18.8. The standard InChI is InChI=1S/C15H16N2O3S/c1-20-11-4-10(5-16-6-11)7-17-3-2-12-13(15(18)19)9-21-14(12)8-17/h4-6,9H,2-3,7-8H2,1H3,(H,18,19). The van der Waals surface area contributed by atoms with Gasteiger partial charge in [0.2, 0.25) is 0 Å². The van der Waals surface area contributed by atoms with E-state index in [9.17, 15) is 4.79 Å². The molecule has 0 radical (unpaired) electrons. The lowest BCUT2D eigenvalue weighted by Crippen LogP contribution is -2.29. The molecule has 2 aromatic heterocycles. The Hall–Kier alpha value is -1.92. The third kappa shape index (κ3) is 2.91. The summed E-state index contributed by atoms with van der Waals surface area (Å²) in [6, 6.07) is 1.99. The molecule has 110 valence electrons. The Morgan fingerprint density at radius 1 is 1.52 bits per heavy atom. The van der Waals surface area contributed by atoms with Crippen molar-refractivity contribution >= 4 is 17.3 Å². The number of carboxylic acid groups (broad SMARTS) is 1. The third-order valence-corrected chi connectivity index (χ3v) is 4.68. The number of carbonyl (C=O) groups is 1. The van der Waals surface area contributed by atoms with Crippen molar-refractivity contribution < 1.29 is 14.6 Å². The second kappa shape index (κ2) is 5.83. The predicted molar refractivity (Wildman–Crippen MR) is 79.9 cm³/mol. The maximum Gasteiger partial charge on any atom is 0.336 e. The number of hydrogen-bond acceptors (Lipinski definition) is 5. The summed E-state index contributed by atoms with van der Waals surface area (Å²) in [6.45, 7) is 2.45. The lowest BCUT2D eigenvalue weighted by atomic mass is 10.0. The first-order valence-corrected chi connectivity index (χ1v) is 7.58. The fourth-order valence-electron chi connectivity index (χ4n) is 2.62. The van der Waals surface area contributed by atoms with Crippen molar-refractivity contribution in [1.29, 1.82) is 0 Å². The Labute approximate surface area is 126 Å². The van der Waals surface area contributed by atoms with E-state index in [4.69, 9.17) is 9.84 Å². The van der Waals surface area contributed by atoms with Crippen LogP contribution in [0.1, 0.15) is 26.4 Å². The van der Waals surface area contributed by atoms with Gasteiger partial charge in [0.25, 0.3) is 0 Å². The fourth-order valence-corrected chi connectivity index (χ4v) is 3.73. The highest BCUT2D eigenvalue weighted by Crippen LogP contribution is 2.29. The molecule has 2 aromatic rings. The number of fused-ring (bicyclic) bond motifs is 1. The molecule has 0 bridgehead atoms. The largest absolute Gasteiger partial charge is 0.495 e. The van der Waals surface area contributed by atoms with Crippen molar-refractivity contribution in [2.45, 2.75) is 19.5 Å². The highest BCUT2D eigenvalue weighted by Gasteiger charge is 2.23. The fraction of sp³-hybridized carbons (Fsp3) is 0.333. The lowest BCUT2D eigenvalue weighted by molar-refractivity contribution is 0.0695. The third-order valence-electron chi connectivity index (χ3n) is 3.67.